The van der Waals surface area contributed by atoms with Crippen molar-refractivity contribution < 1.29 is 9.53 Å². The molecular weight excluding hydrogens is 322 g/mol. The Kier molecular flexibility index (Phi) is 4.69. The van der Waals surface area contributed by atoms with Crippen LogP contribution < -0.4 is 0 Å². The van der Waals surface area contributed by atoms with E-state index in [9.17, 15) is 4.79 Å². The smallest absolute Gasteiger partial charge is 0.306 e. The minimum atomic E-state index is -0.141. The summed E-state index contributed by atoms with van der Waals surface area (Å²) in [5.74, 6) is -0.141. The van der Waals surface area contributed by atoms with E-state index in [0.717, 1.165) is 29.3 Å². The lowest BCUT2D eigenvalue weighted by Gasteiger charge is -2.08. The van der Waals surface area contributed by atoms with Gasteiger partial charge in [-0.3, -0.25) is 4.79 Å². The minimum absolute atomic E-state index is 0.141. The average Bonchev–Trinajstić information content (AvgIpc) is 3.09. The third-order valence-electron chi connectivity index (χ3n) is 4.77. The molecule has 0 saturated heterocycles. The van der Waals surface area contributed by atoms with Crippen LogP contribution in [-0.2, 0) is 22.6 Å². The number of carbonyl (C=O) groups is 1. The molecule has 1 N–H and O–H groups in total. The molecule has 4 rings (SSSR count). The van der Waals surface area contributed by atoms with Gasteiger partial charge in [0.2, 0.25) is 0 Å². The van der Waals surface area contributed by atoms with E-state index in [4.69, 9.17) is 4.74 Å². The highest BCUT2D eigenvalue weighted by atomic mass is 16.5. The molecule has 0 atom stereocenters. The number of aromatic amines is 1. The molecule has 1 aromatic heterocycles. The van der Waals surface area contributed by atoms with Crippen molar-refractivity contribution in [2.75, 3.05) is 0 Å². The van der Waals surface area contributed by atoms with E-state index in [-0.39, 0.29) is 5.97 Å². The molecule has 1 heterocycles. The van der Waals surface area contributed by atoms with Crippen LogP contribution in [0.5, 0.6) is 0 Å². The number of benzene rings is 3. The maximum absolute atomic E-state index is 12.1. The molecule has 130 valence electrons. The largest absolute Gasteiger partial charge is 0.461 e. The van der Waals surface area contributed by atoms with E-state index >= 15 is 0 Å². The first-order chi connectivity index (χ1) is 12.8. The lowest BCUT2D eigenvalue weighted by atomic mass is 10.1. The van der Waals surface area contributed by atoms with Crippen molar-refractivity contribution in [2.45, 2.75) is 25.9 Å². The summed E-state index contributed by atoms with van der Waals surface area (Å²) in [6.07, 6.45) is 4.12. The van der Waals surface area contributed by atoms with Gasteiger partial charge in [-0.15, -0.1) is 0 Å². The summed E-state index contributed by atoms with van der Waals surface area (Å²) >= 11 is 0. The van der Waals surface area contributed by atoms with Crippen molar-refractivity contribution in [3.05, 3.63) is 84.1 Å². The number of fused-ring (bicyclic) bond motifs is 2. The zero-order valence-corrected chi connectivity index (χ0v) is 14.6. The second-order valence-corrected chi connectivity index (χ2v) is 6.51. The van der Waals surface area contributed by atoms with Crippen LogP contribution in [0.2, 0.25) is 0 Å². The van der Waals surface area contributed by atoms with Crippen LogP contribution >= 0.6 is 0 Å². The number of ether oxygens (including phenoxy) is 1. The molecule has 26 heavy (non-hydrogen) atoms. The van der Waals surface area contributed by atoms with Crippen LogP contribution in [-0.4, -0.2) is 11.0 Å². The van der Waals surface area contributed by atoms with Gasteiger partial charge in [-0.1, -0.05) is 60.7 Å². The highest BCUT2D eigenvalue weighted by Crippen LogP contribution is 2.21. The number of para-hydroxylation sites is 1. The number of carbonyl (C=O) groups excluding carboxylic acids is 1. The second-order valence-electron chi connectivity index (χ2n) is 6.51. The van der Waals surface area contributed by atoms with Crippen molar-refractivity contribution in [2.24, 2.45) is 0 Å². The fraction of sp³-hybridized carbons (Fsp3) is 0.174. The summed E-state index contributed by atoms with van der Waals surface area (Å²) in [4.78, 5) is 15.4. The predicted octanol–water partition coefficient (Wildman–Crippen LogP) is 5.39. The van der Waals surface area contributed by atoms with Gasteiger partial charge < -0.3 is 9.72 Å². The van der Waals surface area contributed by atoms with Crippen LogP contribution in [0.25, 0.3) is 21.7 Å². The quantitative estimate of drug-likeness (QED) is 0.477. The molecule has 3 heteroatoms. The van der Waals surface area contributed by atoms with Gasteiger partial charge in [0.15, 0.2) is 0 Å². The Hall–Kier alpha value is -3.07. The Bertz CT molecular complexity index is 1040. The third-order valence-corrected chi connectivity index (χ3v) is 4.77. The average molecular weight is 343 g/mol. The van der Waals surface area contributed by atoms with Gasteiger partial charge in [0, 0.05) is 23.5 Å². The molecule has 0 aliphatic carbocycles. The van der Waals surface area contributed by atoms with Gasteiger partial charge in [-0.25, -0.2) is 0 Å². The van der Waals surface area contributed by atoms with Gasteiger partial charge in [0.05, 0.1) is 0 Å². The van der Waals surface area contributed by atoms with Crippen LogP contribution in [0.15, 0.2) is 72.9 Å². The first-order valence-corrected chi connectivity index (χ1v) is 8.98. The van der Waals surface area contributed by atoms with E-state index in [2.05, 4.69) is 35.3 Å². The normalized spacial score (nSPS) is 11.1. The lowest BCUT2D eigenvalue weighted by molar-refractivity contribution is -0.145. The molecule has 0 aliphatic heterocycles. The van der Waals surface area contributed by atoms with E-state index in [1.54, 1.807) is 0 Å². The summed E-state index contributed by atoms with van der Waals surface area (Å²) in [7, 11) is 0. The van der Waals surface area contributed by atoms with Gasteiger partial charge in [-0.05, 0) is 40.8 Å². The Labute approximate surface area is 152 Å². The molecule has 3 nitrogen and oxygen atoms in total. The summed E-state index contributed by atoms with van der Waals surface area (Å²) in [5.41, 5.74) is 3.44. The minimum Gasteiger partial charge on any atom is -0.461 e. The fourth-order valence-electron chi connectivity index (χ4n) is 3.41. The Morgan fingerprint density at radius 2 is 1.62 bits per heavy atom. The zero-order valence-electron chi connectivity index (χ0n) is 14.6. The molecule has 0 spiro atoms. The van der Waals surface area contributed by atoms with E-state index in [1.807, 2.05) is 42.6 Å². The zero-order chi connectivity index (χ0) is 17.8. The number of hydrogen-bond acceptors (Lipinski definition) is 2. The lowest BCUT2D eigenvalue weighted by Crippen LogP contribution is -2.05. The maximum atomic E-state index is 12.1. The van der Waals surface area contributed by atoms with Gasteiger partial charge in [-0.2, -0.15) is 0 Å². The molecule has 0 bridgehead atoms. The maximum Gasteiger partial charge on any atom is 0.306 e. The van der Waals surface area contributed by atoms with E-state index < -0.39 is 0 Å². The fourth-order valence-corrected chi connectivity index (χ4v) is 3.41. The van der Waals surface area contributed by atoms with Crippen LogP contribution in [0.1, 0.15) is 24.0 Å². The first-order valence-electron chi connectivity index (χ1n) is 8.98. The number of rotatable bonds is 6. The van der Waals surface area contributed by atoms with Crippen molar-refractivity contribution in [1.29, 1.82) is 0 Å². The molecular formula is C23H21NO2. The number of aryl methyl sites for hydroxylation is 1. The van der Waals surface area contributed by atoms with Crippen molar-refractivity contribution in [3.8, 4) is 0 Å². The highest BCUT2D eigenvalue weighted by Gasteiger charge is 2.08. The van der Waals surface area contributed by atoms with Crippen LogP contribution in [0, 0.1) is 0 Å². The molecule has 0 unspecified atom stereocenters. The van der Waals surface area contributed by atoms with Crippen molar-refractivity contribution in [1.82, 2.24) is 4.98 Å². The summed E-state index contributed by atoms with van der Waals surface area (Å²) in [6.45, 7) is 0.327. The molecule has 0 saturated carbocycles. The number of esters is 1. The first kappa shape index (κ1) is 16.4. The molecule has 0 radical (unpaired) electrons. The van der Waals surface area contributed by atoms with Gasteiger partial charge in [0.1, 0.15) is 6.61 Å². The molecule has 0 fully saturated rings. The Balaban J connectivity index is 1.31. The molecule has 0 amide bonds. The Morgan fingerprint density at radius 3 is 2.54 bits per heavy atom. The Morgan fingerprint density at radius 1 is 0.846 bits per heavy atom. The van der Waals surface area contributed by atoms with Gasteiger partial charge >= 0.3 is 5.97 Å². The summed E-state index contributed by atoms with van der Waals surface area (Å²) < 4.78 is 5.50. The van der Waals surface area contributed by atoms with Crippen molar-refractivity contribution >= 4 is 27.6 Å². The number of aromatic nitrogens is 1. The topological polar surface area (TPSA) is 42.1 Å². The second kappa shape index (κ2) is 7.44. The molecule has 0 aliphatic rings. The highest BCUT2D eigenvalue weighted by molar-refractivity contribution is 5.86. The van der Waals surface area contributed by atoms with Gasteiger partial charge in [0.25, 0.3) is 0 Å². The SMILES string of the molecule is O=C(CCCc1c[nH]c2ccccc12)OCc1cccc2ccccc12. The third kappa shape index (κ3) is 3.47. The van der Waals surface area contributed by atoms with E-state index in [0.29, 0.717) is 13.0 Å². The monoisotopic (exact) mass is 343 g/mol. The molecule has 3 aromatic carbocycles. The summed E-state index contributed by atoms with van der Waals surface area (Å²) in [5, 5.41) is 3.54. The number of hydrogen-bond donors (Lipinski definition) is 1. The summed E-state index contributed by atoms with van der Waals surface area (Å²) in [6, 6.07) is 22.5. The van der Waals surface area contributed by atoms with Crippen LogP contribution in [0.3, 0.4) is 0 Å². The molecule has 4 aromatic rings. The number of nitrogens with one attached hydrogen (secondary N) is 1. The van der Waals surface area contributed by atoms with Crippen molar-refractivity contribution in [3.63, 3.8) is 0 Å². The number of H-pyrrole nitrogens is 1. The predicted molar refractivity (Wildman–Crippen MR) is 105 cm³/mol. The standard InChI is InChI=1S/C23H21NO2/c25-23(14-6-9-18-15-24-22-13-4-3-12-21(18)22)26-16-19-10-5-8-17-7-1-2-11-20(17)19/h1-5,7-8,10-13,15,24H,6,9,14,16H2. The van der Waals surface area contributed by atoms with E-state index in [1.165, 1.54) is 16.3 Å². The van der Waals surface area contributed by atoms with Crippen LogP contribution in [0.4, 0.5) is 0 Å².